The van der Waals surface area contributed by atoms with Gasteiger partial charge in [-0.1, -0.05) is 43.6 Å². The fourth-order valence-corrected chi connectivity index (χ4v) is 3.43. The van der Waals surface area contributed by atoms with E-state index in [4.69, 9.17) is 11.6 Å². The van der Waals surface area contributed by atoms with Gasteiger partial charge in [0.25, 0.3) is 0 Å². The van der Waals surface area contributed by atoms with Gasteiger partial charge in [0, 0.05) is 35.4 Å². The standard InChI is InChI=1S/C23H25ClN2O2/c1-16(2)13-14-26-21-10-9-19(15-18(21)8-12-23(26)28)25-22(27)11-7-17-5-3-4-6-20(17)24/h3-7,9-11,15-16H,8,12-14H2,1-2H3,(H,25,27)/b11-7+. The molecule has 28 heavy (non-hydrogen) atoms. The van der Waals surface area contributed by atoms with Gasteiger partial charge in [0.1, 0.15) is 0 Å². The zero-order chi connectivity index (χ0) is 20.1. The van der Waals surface area contributed by atoms with Gasteiger partial charge in [-0.05, 0) is 60.2 Å². The molecule has 1 aliphatic rings. The van der Waals surface area contributed by atoms with Crippen molar-refractivity contribution < 1.29 is 9.59 Å². The summed E-state index contributed by atoms with van der Waals surface area (Å²) in [7, 11) is 0. The van der Waals surface area contributed by atoms with Gasteiger partial charge >= 0.3 is 0 Å². The highest BCUT2D eigenvalue weighted by molar-refractivity contribution is 6.32. The second-order valence-electron chi connectivity index (χ2n) is 7.42. The number of carbonyl (C=O) groups is 2. The van der Waals surface area contributed by atoms with Crippen LogP contribution in [0.15, 0.2) is 48.5 Å². The predicted octanol–water partition coefficient (Wildman–Crippen LogP) is 5.32. The first kappa shape index (κ1) is 20.2. The van der Waals surface area contributed by atoms with E-state index in [-0.39, 0.29) is 11.8 Å². The molecule has 0 saturated carbocycles. The van der Waals surface area contributed by atoms with Crippen molar-refractivity contribution in [3.8, 4) is 0 Å². The maximum Gasteiger partial charge on any atom is 0.248 e. The minimum Gasteiger partial charge on any atom is -0.323 e. The number of hydrogen-bond donors (Lipinski definition) is 1. The van der Waals surface area contributed by atoms with Crippen LogP contribution < -0.4 is 10.2 Å². The van der Waals surface area contributed by atoms with Crippen molar-refractivity contribution in [2.45, 2.75) is 33.1 Å². The first-order chi connectivity index (χ1) is 13.4. The van der Waals surface area contributed by atoms with Crippen LogP contribution in [0.1, 0.15) is 37.8 Å². The molecule has 1 heterocycles. The van der Waals surface area contributed by atoms with E-state index in [1.54, 1.807) is 12.1 Å². The fraction of sp³-hybridized carbons (Fsp3) is 0.304. The number of nitrogens with one attached hydrogen (secondary N) is 1. The molecular formula is C23H25ClN2O2. The molecule has 0 radical (unpaired) electrons. The summed E-state index contributed by atoms with van der Waals surface area (Å²) in [6.45, 7) is 5.05. The average molecular weight is 397 g/mol. The Morgan fingerprint density at radius 3 is 2.75 bits per heavy atom. The van der Waals surface area contributed by atoms with Crippen LogP contribution in [0, 0.1) is 5.92 Å². The highest BCUT2D eigenvalue weighted by Crippen LogP contribution is 2.31. The average Bonchev–Trinajstić information content (AvgIpc) is 2.66. The van der Waals surface area contributed by atoms with Gasteiger partial charge in [0.05, 0.1) is 0 Å². The van der Waals surface area contributed by atoms with Crippen LogP contribution in [-0.4, -0.2) is 18.4 Å². The maximum absolute atomic E-state index is 12.3. The topological polar surface area (TPSA) is 49.4 Å². The van der Waals surface area contributed by atoms with Crippen molar-refractivity contribution in [1.82, 2.24) is 0 Å². The van der Waals surface area contributed by atoms with Crippen LogP contribution in [0.3, 0.4) is 0 Å². The summed E-state index contributed by atoms with van der Waals surface area (Å²) in [4.78, 5) is 26.4. The van der Waals surface area contributed by atoms with Crippen LogP contribution in [0.4, 0.5) is 11.4 Å². The summed E-state index contributed by atoms with van der Waals surface area (Å²) in [5, 5.41) is 3.49. The monoisotopic (exact) mass is 396 g/mol. The smallest absolute Gasteiger partial charge is 0.248 e. The molecule has 4 nitrogen and oxygen atoms in total. The molecule has 0 bridgehead atoms. The lowest BCUT2D eigenvalue weighted by molar-refractivity contribution is -0.119. The van der Waals surface area contributed by atoms with Crippen molar-refractivity contribution in [2.24, 2.45) is 5.92 Å². The van der Waals surface area contributed by atoms with E-state index in [2.05, 4.69) is 19.2 Å². The molecule has 1 aliphatic heterocycles. The first-order valence-electron chi connectivity index (χ1n) is 9.61. The number of halogens is 1. The van der Waals surface area contributed by atoms with E-state index in [0.717, 1.165) is 35.5 Å². The Labute approximate surface area is 171 Å². The molecule has 2 aromatic carbocycles. The lowest BCUT2D eigenvalue weighted by Crippen LogP contribution is -2.36. The molecule has 0 fully saturated rings. The molecule has 2 amide bonds. The van der Waals surface area contributed by atoms with Gasteiger partial charge in [0.2, 0.25) is 11.8 Å². The Bertz CT molecular complexity index is 905. The van der Waals surface area contributed by atoms with Gasteiger partial charge < -0.3 is 10.2 Å². The van der Waals surface area contributed by atoms with Gasteiger partial charge in [-0.2, -0.15) is 0 Å². The molecule has 0 saturated heterocycles. The Kier molecular flexibility index (Phi) is 6.53. The zero-order valence-corrected chi connectivity index (χ0v) is 17.0. The van der Waals surface area contributed by atoms with Gasteiger partial charge in [0.15, 0.2) is 0 Å². The maximum atomic E-state index is 12.3. The van der Waals surface area contributed by atoms with E-state index < -0.39 is 0 Å². The summed E-state index contributed by atoms with van der Waals surface area (Å²) in [6.07, 6.45) is 5.35. The van der Waals surface area contributed by atoms with E-state index >= 15 is 0 Å². The number of anilines is 2. The molecule has 5 heteroatoms. The highest BCUT2D eigenvalue weighted by atomic mass is 35.5. The number of nitrogens with zero attached hydrogens (tertiary/aromatic N) is 1. The third kappa shape index (κ3) is 5.02. The number of rotatable bonds is 6. The van der Waals surface area contributed by atoms with E-state index in [1.807, 2.05) is 41.3 Å². The number of hydrogen-bond acceptors (Lipinski definition) is 2. The highest BCUT2D eigenvalue weighted by Gasteiger charge is 2.24. The Hall–Kier alpha value is -2.59. The van der Waals surface area contributed by atoms with E-state index in [0.29, 0.717) is 23.8 Å². The summed E-state index contributed by atoms with van der Waals surface area (Å²) in [5.41, 5.74) is 3.58. The lowest BCUT2D eigenvalue weighted by atomic mass is 9.99. The van der Waals surface area contributed by atoms with E-state index in [9.17, 15) is 9.59 Å². The number of aryl methyl sites for hydroxylation is 1. The van der Waals surface area contributed by atoms with Crippen molar-refractivity contribution in [3.63, 3.8) is 0 Å². The minimum atomic E-state index is -0.219. The summed E-state index contributed by atoms with van der Waals surface area (Å²) >= 11 is 6.10. The van der Waals surface area contributed by atoms with Crippen molar-refractivity contribution in [1.29, 1.82) is 0 Å². The van der Waals surface area contributed by atoms with Crippen molar-refractivity contribution in [2.75, 3.05) is 16.8 Å². The molecule has 0 aliphatic carbocycles. The Balaban J connectivity index is 1.70. The van der Waals surface area contributed by atoms with Crippen LogP contribution in [0.25, 0.3) is 6.08 Å². The summed E-state index contributed by atoms with van der Waals surface area (Å²) in [5.74, 6) is 0.498. The summed E-state index contributed by atoms with van der Waals surface area (Å²) in [6, 6.07) is 13.1. The lowest BCUT2D eigenvalue weighted by Gasteiger charge is -2.30. The molecule has 2 aromatic rings. The van der Waals surface area contributed by atoms with Crippen LogP contribution in [-0.2, 0) is 16.0 Å². The van der Waals surface area contributed by atoms with Gasteiger partial charge in [-0.3, -0.25) is 9.59 Å². The number of benzene rings is 2. The van der Waals surface area contributed by atoms with Gasteiger partial charge in [-0.15, -0.1) is 0 Å². The molecule has 0 atom stereocenters. The zero-order valence-electron chi connectivity index (χ0n) is 16.2. The summed E-state index contributed by atoms with van der Waals surface area (Å²) < 4.78 is 0. The first-order valence-corrected chi connectivity index (χ1v) is 9.98. The Morgan fingerprint density at radius 2 is 2.00 bits per heavy atom. The SMILES string of the molecule is CC(C)CCN1C(=O)CCc2cc(NC(=O)/C=C/c3ccccc3Cl)ccc21. The Morgan fingerprint density at radius 1 is 1.21 bits per heavy atom. The normalized spacial score (nSPS) is 13.9. The molecular weight excluding hydrogens is 372 g/mol. The number of carbonyl (C=O) groups excluding carboxylic acids is 2. The van der Waals surface area contributed by atoms with Gasteiger partial charge in [-0.25, -0.2) is 0 Å². The fourth-order valence-electron chi connectivity index (χ4n) is 3.23. The predicted molar refractivity (Wildman–Crippen MR) is 116 cm³/mol. The molecule has 0 spiro atoms. The molecule has 3 rings (SSSR count). The van der Waals surface area contributed by atoms with Crippen LogP contribution in [0.2, 0.25) is 5.02 Å². The van der Waals surface area contributed by atoms with E-state index in [1.165, 1.54) is 6.08 Å². The van der Waals surface area contributed by atoms with Crippen LogP contribution in [0.5, 0.6) is 0 Å². The third-order valence-electron chi connectivity index (χ3n) is 4.80. The minimum absolute atomic E-state index is 0.174. The molecule has 1 N–H and O–H groups in total. The molecule has 0 unspecified atom stereocenters. The largest absolute Gasteiger partial charge is 0.323 e. The second kappa shape index (κ2) is 9.07. The van der Waals surface area contributed by atoms with Crippen molar-refractivity contribution >= 4 is 40.9 Å². The molecule has 0 aromatic heterocycles. The van der Waals surface area contributed by atoms with Crippen molar-refractivity contribution in [3.05, 3.63) is 64.7 Å². The quantitative estimate of drug-likeness (QED) is 0.672. The number of fused-ring (bicyclic) bond motifs is 1. The number of amides is 2. The van der Waals surface area contributed by atoms with Crippen LogP contribution >= 0.6 is 11.6 Å². The molecule has 146 valence electrons. The second-order valence-corrected chi connectivity index (χ2v) is 7.82. The third-order valence-corrected chi connectivity index (χ3v) is 5.14.